The van der Waals surface area contributed by atoms with E-state index in [0.29, 0.717) is 0 Å². The maximum atomic E-state index is 6.55. The van der Waals surface area contributed by atoms with Crippen LogP contribution in [-0.4, -0.2) is 13.7 Å². The summed E-state index contributed by atoms with van der Waals surface area (Å²) in [6.07, 6.45) is 12.2. The highest BCUT2D eigenvalue weighted by Gasteiger charge is 2.28. The minimum Gasteiger partial charge on any atom is -0.456 e. The van der Waals surface area contributed by atoms with Crippen LogP contribution in [-0.2, 0) is 12.8 Å². The summed E-state index contributed by atoms with van der Waals surface area (Å²) in [5.41, 5.74) is 13.5. The first-order valence-electron chi connectivity index (χ1n) is 18.3. The average Bonchev–Trinajstić information content (AvgIpc) is 3.94. The number of furan rings is 1. The minimum atomic E-state index is 0.0990. The summed E-state index contributed by atoms with van der Waals surface area (Å²) in [7, 11) is 0. The second-order valence-corrected chi connectivity index (χ2v) is 14.3. The van der Waals surface area contributed by atoms with Gasteiger partial charge >= 0.3 is 0 Å². The van der Waals surface area contributed by atoms with Gasteiger partial charge in [-0.05, 0) is 79.1 Å². The van der Waals surface area contributed by atoms with Crippen LogP contribution < -0.4 is 0 Å². The highest BCUT2D eigenvalue weighted by Crippen LogP contribution is 2.43. The lowest BCUT2D eigenvalue weighted by molar-refractivity contribution is 0.572. The van der Waals surface area contributed by atoms with E-state index in [2.05, 4.69) is 171 Å². The fourth-order valence-corrected chi connectivity index (χ4v) is 9.50. The molecule has 1 atom stereocenters. The molecular formula is C48H33N3O. The highest BCUT2D eigenvalue weighted by atomic mass is 16.3. The molecular weight excluding hydrogens is 635 g/mol. The van der Waals surface area contributed by atoms with Gasteiger partial charge < -0.3 is 18.1 Å². The third-order valence-corrected chi connectivity index (χ3v) is 11.7. The Morgan fingerprint density at radius 1 is 0.538 bits per heavy atom. The van der Waals surface area contributed by atoms with Crippen LogP contribution in [0.3, 0.4) is 0 Å². The van der Waals surface area contributed by atoms with Crippen LogP contribution in [0.5, 0.6) is 0 Å². The zero-order chi connectivity index (χ0) is 33.9. The van der Waals surface area contributed by atoms with Gasteiger partial charge in [0.1, 0.15) is 11.3 Å². The van der Waals surface area contributed by atoms with E-state index >= 15 is 0 Å². The molecule has 0 N–H and O–H groups in total. The minimum absolute atomic E-state index is 0.0990. The Morgan fingerprint density at radius 3 is 1.96 bits per heavy atom. The molecule has 0 amide bonds. The third-order valence-electron chi connectivity index (χ3n) is 11.7. The summed E-state index contributed by atoms with van der Waals surface area (Å²) in [6, 6.07) is 48.9. The SMILES string of the molecule is C1=Cc2c(c3ccccc3n2-c2cccc3c4ccccc4n(C4C=Cc5oc6ccc(-n7c8ccccc8c8ccccc87)cc6c5C4)c23)CC1. The zero-order valence-corrected chi connectivity index (χ0v) is 28.5. The molecule has 6 aromatic carbocycles. The molecule has 4 nitrogen and oxygen atoms in total. The van der Waals surface area contributed by atoms with Crippen LogP contribution in [0.1, 0.15) is 35.0 Å². The van der Waals surface area contributed by atoms with Gasteiger partial charge in [0, 0.05) is 61.2 Å². The average molecular weight is 668 g/mol. The summed E-state index contributed by atoms with van der Waals surface area (Å²) in [4.78, 5) is 0. The van der Waals surface area contributed by atoms with Crippen molar-refractivity contribution >= 4 is 77.6 Å². The highest BCUT2D eigenvalue weighted by molar-refractivity contribution is 6.12. The fourth-order valence-electron chi connectivity index (χ4n) is 9.50. The van der Waals surface area contributed by atoms with Gasteiger partial charge in [0.15, 0.2) is 0 Å². The fraction of sp³-hybridized carbons (Fsp3) is 0.0833. The monoisotopic (exact) mass is 667 g/mol. The predicted octanol–water partition coefficient (Wildman–Crippen LogP) is 12.4. The molecule has 4 heteroatoms. The van der Waals surface area contributed by atoms with Crippen molar-refractivity contribution in [3.63, 3.8) is 0 Å². The van der Waals surface area contributed by atoms with Crippen molar-refractivity contribution in [1.82, 2.24) is 13.7 Å². The molecule has 12 rings (SSSR count). The number of hydrogen-bond donors (Lipinski definition) is 0. The van der Waals surface area contributed by atoms with E-state index in [1.807, 2.05) is 0 Å². The molecule has 0 bridgehead atoms. The van der Waals surface area contributed by atoms with Gasteiger partial charge in [0.2, 0.25) is 0 Å². The third kappa shape index (κ3) is 3.76. The quantitative estimate of drug-likeness (QED) is 0.184. The van der Waals surface area contributed by atoms with E-state index in [9.17, 15) is 0 Å². The molecule has 0 fully saturated rings. The Balaban J connectivity index is 1.07. The van der Waals surface area contributed by atoms with E-state index < -0.39 is 0 Å². The van der Waals surface area contributed by atoms with Gasteiger partial charge in [0.05, 0.1) is 33.8 Å². The van der Waals surface area contributed by atoms with Gasteiger partial charge in [-0.3, -0.25) is 0 Å². The Bertz CT molecular complexity index is 3120. The van der Waals surface area contributed by atoms with Crippen molar-refractivity contribution in [1.29, 1.82) is 0 Å². The first-order chi connectivity index (χ1) is 25.8. The van der Waals surface area contributed by atoms with E-state index in [0.717, 1.165) is 36.3 Å². The first-order valence-corrected chi connectivity index (χ1v) is 18.3. The molecule has 246 valence electrons. The Kier molecular flexibility index (Phi) is 5.70. The number of rotatable bonds is 3. The normalized spacial score (nSPS) is 15.5. The van der Waals surface area contributed by atoms with Crippen LogP contribution in [0.2, 0.25) is 0 Å². The molecule has 0 radical (unpaired) electrons. The summed E-state index contributed by atoms with van der Waals surface area (Å²) in [5, 5.41) is 7.64. The summed E-state index contributed by atoms with van der Waals surface area (Å²) >= 11 is 0. The van der Waals surface area contributed by atoms with Crippen molar-refractivity contribution < 1.29 is 4.42 Å². The molecule has 0 spiro atoms. The molecule has 10 aromatic rings. The first kappa shape index (κ1) is 28.2. The molecule has 2 aliphatic rings. The largest absolute Gasteiger partial charge is 0.456 e. The van der Waals surface area contributed by atoms with E-state index in [1.54, 1.807) is 0 Å². The van der Waals surface area contributed by atoms with Crippen molar-refractivity contribution in [2.45, 2.75) is 25.3 Å². The van der Waals surface area contributed by atoms with E-state index in [-0.39, 0.29) is 6.04 Å². The standard InChI is InChI=1S/C48H33N3O/c1-6-18-40-32(12-1)33-13-2-7-19-41(33)49(40)30-24-26-46-38(28-30)39-29-31(25-27-47(39)52-46)50-42-20-8-5-16-36(42)37-17-11-23-45(48(37)50)51-43-21-9-3-14-34(43)35-15-4-10-22-44(35)51/h1-3,5-14,16-28,31H,4,15,29H2. The maximum Gasteiger partial charge on any atom is 0.135 e. The van der Waals surface area contributed by atoms with Gasteiger partial charge in [-0.15, -0.1) is 0 Å². The predicted molar refractivity (Wildman–Crippen MR) is 216 cm³/mol. The second-order valence-electron chi connectivity index (χ2n) is 14.3. The Hall–Kier alpha value is -6.52. The second kappa shape index (κ2) is 10.5. The Labute approximate surface area is 299 Å². The molecule has 4 aromatic heterocycles. The maximum absolute atomic E-state index is 6.55. The zero-order valence-electron chi connectivity index (χ0n) is 28.5. The molecule has 1 unspecified atom stereocenters. The van der Waals surface area contributed by atoms with E-state index in [1.165, 1.54) is 82.4 Å². The molecule has 4 heterocycles. The van der Waals surface area contributed by atoms with Crippen LogP contribution in [0.25, 0.3) is 89.0 Å². The van der Waals surface area contributed by atoms with Crippen molar-refractivity contribution in [3.05, 3.63) is 168 Å². The van der Waals surface area contributed by atoms with Crippen LogP contribution in [0, 0.1) is 0 Å². The smallest absolute Gasteiger partial charge is 0.135 e. The van der Waals surface area contributed by atoms with Crippen LogP contribution >= 0.6 is 0 Å². The molecule has 0 aliphatic heterocycles. The molecule has 0 saturated carbocycles. The Morgan fingerprint density at radius 2 is 1.19 bits per heavy atom. The number of hydrogen-bond acceptors (Lipinski definition) is 1. The number of para-hydroxylation sites is 5. The van der Waals surface area contributed by atoms with E-state index in [4.69, 9.17) is 4.42 Å². The van der Waals surface area contributed by atoms with Gasteiger partial charge in [-0.25, -0.2) is 0 Å². The van der Waals surface area contributed by atoms with Crippen LogP contribution in [0.15, 0.2) is 150 Å². The number of fused-ring (bicyclic) bond motifs is 12. The summed E-state index contributed by atoms with van der Waals surface area (Å²) in [5.74, 6) is 0.960. The molecule has 2 aliphatic carbocycles. The number of benzene rings is 6. The van der Waals surface area contributed by atoms with Crippen LogP contribution in [0.4, 0.5) is 0 Å². The number of allylic oxidation sites excluding steroid dienone is 2. The van der Waals surface area contributed by atoms with Crippen molar-refractivity contribution in [2.75, 3.05) is 0 Å². The van der Waals surface area contributed by atoms with Crippen molar-refractivity contribution in [2.24, 2.45) is 0 Å². The lowest BCUT2D eigenvalue weighted by Gasteiger charge is -2.23. The van der Waals surface area contributed by atoms with Gasteiger partial charge in [-0.1, -0.05) is 97.1 Å². The summed E-state index contributed by atoms with van der Waals surface area (Å²) in [6.45, 7) is 0. The number of aromatic nitrogens is 3. The number of aryl methyl sites for hydroxylation is 1. The van der Waals surface area contributed by atoms with Gasteiger partial charge in [0.25, 0.3) is 0 Å². The topological polar surface area (TPSA) is 27.9 Å². The lowest BCUT2D eigenvalue weighted by atomic mass is 9.96. The summed E-state index contributed by atoms with van der Waals surface area (Å²) < 4.78 is 14.1. The molecule has 0 saturated heterocycles. The molecule has 52 heavy (non-hydrogen) atoms. The van der Waals surface area contributed by atoms with Crippen molar-refractivity contribution in [3.8, 4) is 11.4 Å². The number of nitrogens with zero attached hydrogens (tertiary/aromatic N) is 3. The lowest BCUT2D eigenvalue weighted by Crippen LogP contribution is -2.14. The van der Waals surface area contributed by atoms with Gasteiger partial charge in [-0.2, -0.15) is 0 Å².